The molecular formula is C19H19FN2O3. The van der Waals surface area contributed by atoms with Crippen molar-refractivity contribution in [2.45, 2.75) is 20.0 Å². The van der Waals surface area contributed by atoms with Gasteiger partial charge in [0.1, 0.15) is 0 Å². The summed E-state index contributed by atoms with van der Waals surface area (Å²) in [5, 5.41) is 0. The van der Waals surface area contributed by atoms with Crippen molar-refractivity contribution in [2.24, 2.45) is 0 Å². The van der Waals surface area contributed by atoms with E-state index in [4.69, 9.17) is 4.74 Å². The lowest BCUT2D eigenvalue weighted by molar-refractivity contribution is -0.131. The highest BCUT2D eigenvalue weighted by Crippen LogP contribution is 2.16. The van der Waals surface area contributed by atoms with Crippen molar-refractivity contribution in [1.82, 2.24) is 10.9 Å². The molecule has 0 bridgehead atoms. The number of benzene rings is 2. The number of hydrogen-bond acceptors (Lipinski definition) is 3. The minimum absolute atomic E-state index is 0.0317. The summed E-state index contributed by atoms with van der Waals surface area (Å²) in [4.78, 5) is 23.6. The second kappa shape index (κ2) is 8.63. The molecule has 0 heterocycles. The molecule has 25 heavy (non-hydrogen) atoms. The van der Waals surface area contributed by atoms with Crippen molar-refractivity contribution in [3.05, 3.63) is 71.6 Å². The van der Waals surface area contributed by atoms with Crippen LogP contribution >= 0.6 is 0 Å². The highest BCUT2D eigenvalue weighted by molar-refractivity contribution is 5.93. The average molecular weight is 342 g/mol. The summed E-state index contributed by atoms with van der Waals surface area (Å²) in [6.07, 6.45) is 1.95. The van der Waals surface area contributed by atoms with Crippen molar-refractivity contribution in [1.29, 1.82) is 0 Å². The van der Waals surface area contributed by atoms with Crippen molar-refractivity contribution in [2.75, 3.05) is 0 Å². The summed E-state index contributed by atoms with van der Waals surface area (Å²) < 4.78 is 18.7. The van der Waals surface area contributed by atoms with E-state index in [9.17, 15) is 14.0 Å². The molecule has 0 aliphatic rings. The number of para-hydroxylation sites is 1. The molecule has 2 rings (SSSR count). The Morgan fingerprint density at radius 3 is 2.44 bits per heavy atom. The number of nitrogens with one attached hydrogen (secondary N) is 2. The van der Waals surface area contributed by atoms with Crippen LogP contribution in [0, 0.1) is 12.7 Å². The molecule has 0 aliphatic heterocycles. The van der Waals surface area contributed by atoms with E-state index in [2.05, 4.69) is 10.9 Å². The standard InChI is InChI=1S/C19H19FN2O3/c1-13-7-9-15(10-8-13)11-12-18(23)21-22-19(24)14(2)25-17-6-4-3-5-16(17)20/h3-12,14H,1-2H3,(H,21,23)(H,22,24)/b12-11+/t14-/m1/s1. The maximum Gasteiger partial charge on any atom is 0.279 e. The molecule has 0 unspecified atom stereocenters. The van der Waals surface area contributed by atoms with Gasteiger partial charge in [0.05, 0.1) is 0 Å². The highest BCUT2D eigenvalue weighted by Gasteiger charge is 2.16. The third-order valence-electron chi connectivity index (χ3n) is 3.32. The van der Waals surface area contributed by atoms with E-state index in [1.54, 1.807) is 12.1 Å². The zero-order valence-corrected chi connectivity index (χ0v) is 14.0. The molecule has 130 valence electrons. The van der Waals surface area contributed by atoms with Gasteiger partial charge >= 0.3 is 0 Å². The molecule has 1 atom stereocenters. The fourth-order valence-corrected chi connectivity index (χ4v) is 1.90. The van der Waals surface area contributed by atoms with Crippen molar-refractivity contribution in [3.63, 3.8) is 0 Å². The van der Waals surface area contributed by atoms with Gasteiger partial charge in [0.2, 0.25) is 0 Å². The Hall–Kier alpha value is -3.15. The van der Waals surface area contributed by atoms with Crippen molar-refractivity contribution >= 4 is 17.9 Å². The van der Waals surface area contributed by atoms with E-state index in [1.807, 2.05) is 31.2 Å². The first-order valence-corrected chi connectivity index (χ1v) is 7.71. The number of halogens is 1. The van der Waals surface area contributed by atoms with Crippen molar-refractivity contribution in [3.8, 4) is 5.75 Å². The first kappa shape index (κ1) is 18.2. The molecule has 0 radical (unpaired) electrons. The van der Waals surface area contributed by atoms with Gasteiger partial charge < -0.3 is 4.74 Å². The van der Waals surface area contributed by atoms with Crippen LogP contribution in [-0.4, -0.2) is 17.9 Å². The van der Waals surface area contributed by atoms with Crippen LogP contribution in [0.15, 0.2) is 54.6 Å². The van der Waals surface area contributed by atoms with Crippen LogP contribution in [0.4, 0.5) is 4.39 Å². The van der Waals surface area contributed by atoms with Gasteiger partial charge in [0, 0.05) is 6.08 Å². The number of hydrogen-bond donors (Lipinski definition) is 2. The molecule has 2 aromatic rings. The van der Waals surface area contributed by atoms with E-state index < -0.39 is 23.7 Å². The quantitative estimate of drug-likeness (QED) is 0.648. The third-order valence-corrected chi connectivity index (χ3v) is 3.32. The molecule has 2 N–H and O–H groups in total. The van der Waals surface area contributed by atoms with E-state index >= 15 is 0 Å². The third kappa shape index (κ3) is 5.76. The van der Waals surface area contributed by atoms with Crippen LogP contribution in [0.2, 0.25) is 0 Å². The van der Waals surface area contributed by atoms with E-state index in [1.165, 1.54) is 31.2 Å². The minimum Gasteiger partial charge on any atom is -0.478 e. The Balaban J connectivity index is 1.81. The number of carbonyl (C=O) groups is 2. The molecule has 0 aromatic heterocycles. The fraction of sp³-hybridized carbons (Fsp3) is 0.158. The predicted molar refractivity (Wildman–Crippen MR) is 93.0 cm³/mol. The summed E-state index contributed by atoms with van der Waals surface area (Å²) in [6.45, 7) is 3.43. The van der Waals surface area contributed by atoms with Crippen LogP contribution in [-0.2, 0) is 9.59 Å². The molecule has 2 aromatic carbocycles. The number of hydrazine groups is 1. The molecular weight excluding hydrogens is 323 g/mol. The van der Waals surface area contributed by atoms with Crippen molar-refractivity contribution < 1.29 is 18.7 Å². The Kier molecular flexibility index (Phi) is 6.28. The van der Waals surface area contributed by atoms with Crippen LogP contribution in [0.25, 0.3) is 6.08 Å². The second-order valence-electron chi connectivity index (χ2n) is 5.41. The maximum atomic E-state index is 13.5. The number of carbonyl (C=O) groups excluding carboxylic acids is 2. The van der Waals surface area contributed by atoms with E-state index in [0.717, 1.165) is 11.1 Å². The molecule has 0 aliphatic carbocycles. The number of ether oxygens (including phenoxy) is 1. The van der Waals surface area contributed by atoms with E-state index in [0.29, 0.717) is 0 Å². The predicted octanol–water partition coefficient (Wildman–Crippen LogP) is 2.76. The zero-order valence-electron chi connectivity index (χ0n) is 14.0. The lowest BCUT2D eigenvalue weighted by atomic mass is 10.1. The smallest absolute Gasteiger partial charge is 0.279 e. The monoisotopic (exact) mass is 342 g/mol. The van der Waals surface area contributed by atoms with Crippen LogP contribution in [0.5, 0.6) is 5.75 Å². The topological polar surface area (TPSA) is 67.4 Å². The zero-order chi connectivity index (χ0) is 18.2. The summed E-state index contributed by atoms with van der Waals surface area (Å²) in [7, 11) is 0. The lowest BCUT2D eigenvalue weighted by Gasteiger charge is -2.15. The lowest BCUT2D eigenvalue weighted by Crippen LogP contribution is -2.46. The first-order chi connectivity index (χ1) is 12.0. The molecule has 0 saturated carbocycles. The minimum atomic E-state index is -0.974. The summed E-state index contributed by atoms with van der Waals surface area (Å²) in [6, 6.07) is 13.4. The first-order valence-electron chi connectivity index (χ1n) is 7.71. The van der Waals surface area contributed by atoms with Gasteiger partial charge in [0.15, 0.2) is 17.7 Å². The molecule has 2 amide bonds. The maximum absolute atomic E-state index is 13.5. The van der Waals surface area contributed by atoms with Crippen LogP contribution < -0.4 is 15.6 Å². The molecule has 0 fully saturated rings. The second-order valence-corrected chi connectivity index (χ2v) is 5.41. The summed E-state index contributed by atoms with van der Waals surface area (Å²) >= 11 is 0. The van der Waals surface area contributed by atoms with Crippen LogP contribution in [0.1, 0.15) is 18.1 Å². The van der Waals surface area contributed by atoms with Gasteiger partial charge in [-0.05, 0) is 37.6 Å². The van der Waals surface area contributed by atoms with Gasteiger partial charge in [-0.1, -0.05) is 42.0 Å². The fourth-order valence-electron chi connectivity index (χ4n) is 1.90. The number of aryl methyl sites for hydroxylation is 1. The number of amides is 2. The molecule has 0 spiro atoms. The normalized spacial score (nSPS) is 11.8. The van der Waals surface area contributed by atoms with Gasteiger partial charge in [-0.2, -0.15) is 0 Å². The van der Waals surface area contributed by atoms with Gasteiger partial charge in [-0.25, -0.2) is 4.39 Å². The Bertz CT molecular complexity index is 772. The van der Waals surface area contributed by atoms with Gasteiger partial charge in [-0.15, -0.1) is 0 Å². The molecule has 5 nitrogen and oxygen atoms in total. The summed E-state index contributed by atoms with van der Waals surface area (Å²) in [5.41, 5.74) is 6.46. The Morgan fingerprint density at radius 1 is 1.08 bits per heavy atom. The van der Waals surface area contributed by atoms with Gasteiger partial charge in [-0.3, -0.25) is 20.4 Å². The molecule has 6 heteroatoms. The summed E-state index contributed by atoms with van der Waals surface area (Å²) in [5.74, 6) is -1.68. The largest absolute Gasteiger partial charge is 0.478 e. The van der Waals surface area contributed by atoms with Crippen LogP contribution in [0.3, 0.4) is 0 Å². The van der Waals surface area contributed by atoms with E-state index in [-0.39, 0.29) is 5.75 Å². The Morgan fingerprint density at radius 2 is 1.76 bits per heavy atom. The SMILES string of the molecule is Cc1ccc(/C=C/C(=O)NNC(=O)[C@@H](C)Oc2ccccc2F)cc1. The highest BCUT2D eigenvalue weighted by atomic mass is 19.1. The van der Waals surface area contributed by atoms with Gasteiger partial charge in [0.25, 0.3) is 11.8 Å². The average Bonchev–Trinajstić information content (AvgIpc) is 2.61. The Labute approximate surface area is 145 Å². The molecule has 0 saturated heterocycles. The number of rotatable bonds is 5.